The second-order valence-corrected chi connectivity index (χ2v) is 5.95. The summed E-state index contributed by atoms with van der Waals surface area (Å²) in [5.41, 5.74) is 1.19. The minimum absolute atomic E-state index is 0.368. The monoisotopic (exact) mass is 267 g/mol. The summed E-state index contributed by atoms with van der Waals surface area (Å²) in [6.07, 6.45) is 5.23. The molecule has 0 saturated heterocycles. The van der Waals surface area contributed by atoms with E-state index in [-0.39, 0.29) is 0 Å². The van der Waals surface area contributed by atoms with Crippen molar-refractivity contribution in [3.05, 3.63) is 11.1 Å². The lowest BCUT2D eigenvalue weighted by Crippen LogP contribution is -2.27. The number of aromatic nitrogens is 1. The summed E-state index contributed by atoms with van der Waals surface area (Å²) in [5.74, 6) is 0. The highest BCUT2D eigenvalue weighted by Crippen LogP contribution is 2.34. The molecule has 1 aliphatic rings. The average molecular weight is 267 g/mol. The first kappa shape index (κ1) is 13.8. The van der Waals surface area contributed by atoms with Crippen LogP contribution in [0.15, 0.2) is 5.38 Å². The Labute approximate surface area is 115 Å². The molecule has 3 nitrogen and oxygen atoms in total. The summed E-state index contributed by atoms with van der Waals surface area (Å²) < 4.78 is 0. The first-order valence-electron chi connectivity index (χ1n) is 7.21. The van der Waals surface area contributed by atoms with Crippen LogP contribution in [0.2, 0.25) is 0 Å². The topological polar surface area (TPSA) is 28.2 Å². The molecule has 1 fully saturated rings. The maximum absolute atomic E-state index is 4.83. The van der Waals surface area contributed by atoms with Gasteiger partial charge in [0.15, 0.2) is 5.13 Å². The van der Waals surface area contributed by atoms with Crippen LogP contribution in [0.1, 0.15) is 58.2 Å². The van der Waals surface area contributed by atoms with Gasteiger partial charge < -0.3 is 10.2 Å². The Morgan fingerprint density at radius 3 is 2.89 bits per heavy atom. The van der Waals surface area contributed by atoms with Crippen molar-refractivity contribution in [2.45, 2.75) is 58.5 Å². The van der Waals surface area contributed by atoms with E-state index in [9.17, 15) is 0 Å². The number of thiazole rings is 1. The van der Waals surface area contributed by atoms with Gasteiger partial charge >= 0.3 is 0 Å². The third-order valence-electron chi connectivity index (χ3n) is 3.45. The molecule has 1 unspecified atom stereocenters. The summed E-state index contributed by atoms with van der Waals surface area (Å²) >= 11 is 1.81. The van der Waals surface area contributed by atoms with Crippen molar-refractivity contribution in [3.63, 3.8) is 0 Å². The van der Waals surface area contributed by atoms with Crippen molar-refractivity contribution in [3.8, 4) is 0 Å². The summed E-state index contributed by atoms with van der Waals surface area (Å²) in [7, 11) is 0. The van der Waals surface area contributed by atoms with E-state index in [0.717, 1.165) is 12.6 Å². The third kappa shape index (κ3) is 3.45. The Kier molecular flexibility index (Phi) is 5.01. The van der Waals surface area contributed by atoms with E-state index in [0.29, 0.717) is 6.04 Å². The fraction of sp³-hybridized carbons (Fsp3) is 0.786. The van der Waals surface area contributed by atoms with Crippen LogP contribution < -0.4 is 10.2 Å². The molecule has 2 rings (SSSR count). The Balaban J connectivity index is 2.01. The number of nitrogens with one attached hydrogen (secondary N) is 1. The maximum atomic E-state index is 4.83. The summed E-state index contributed by atoms with van der Waals surface area (Å²) in [6.45, 7) is 8.75. The molecule has 0 aromatic carbocycles. The smallest absolute Gasteiger partial charge is 0.185 e. The summed E-state index contributed by atoms with van der Waals surface area (Å²) in [4.78, 5) is 7.35. The number of rotatable bonds is 8. The third-order valence-corrected chi connectivity index (χ3v) is 4.35. The molecule has 1 aromatic rings. The van der Waals surface area contributed by atoms with E-state index in [1.165, 1.54) is 43.1 Å². The molecule has 0 amide bonds. The van der Waals surface area contributed by atoms with Gasteiger partial charge in [0.2, 0.25) is 0 Å². The number of anilines is 1. The minimum atomic E-state index is 0.368. The fourth-order valence-electron chi connectivity index (χ4n) is 2.17. The van der Waals surface area contributed by atoms with Crippen LogP contribution in [-0.2, 0) is 0 Å². The number of hydrogen-bond donors (Lipinski definition) is 1. The number of hydrogen-bond acceptors (Lipinski definition) is 4. The van der Waals surface area contributed by atoms with Gasteiger partial charge in [-0.2, -0.15) is 0 Å². The minimum Gasteiger partial charge on any atom is -0.345 e. The molecular weight excluding hydrogens is 242 g/mol. The number of unbranched alkanes of at least 4 members (excludes halogenated alkanes) is 1. The molecular formula is C14H25N3S. The van der Waals surface area contributed by atoms with E-state index in [4.69, 9.17) is 4.98 Å². The van der Waals surface area contributed by atoms with Crippen molar-refractivity contribution in [1.29, 1.82) is 0 Å². The van der Waals surface area contributed by atoms with E-state index in [1.54, 1.807) is 11.3 Å². The molecule has 1 aromatic heterocycles. The first-order chi connectivity index (χ1) is 8.76. The summed E-state index contributed by atoms with van der Waals surface area (Å²) in [6, 6.07) is 1.14. The SMILES string of the molecule is CCCCN(c1nc(C(C)NCC)cs1)C1CC1. The van der Waals surface area contributed by atoms with Crippen molar-refractivity contribution < 1.29 is 0 Å². The van der Waals surface area contributed by atoms with Crippen molar-refractivity contribution in [2.75, 3.05) is 18.0 Å². The molecule has 4 heteroatoms. The van der Waals surface area contributed by atoms with Gasteiger partial charge in [-0.15, -0.1) is 11.3 Å². The normalized spacial score (nSPS) is 16.8. The molecule has 1 atom stereocenters. The largest absolute Gasteiger partial charge is 0.345 e. The van der Waals surface area contributed by atoms with Gasteiger partial charge in [-0.25, -0.2) is 4.98 Å². The lowest BCUT2D eigenvalue weighted by molar-refractivity contribution is 0.585. The van der Waals surface area contributed by atoms with Gasteiger partial charge in [0.1, 0.15) is 0 Å². The Hall–Kier alpha value is -0.610. The second-order valence-electron chi connectivity index (χ2n) is 5.11. The van der Waals surface area contributed by atoms with Crippen LogP contribution in [-0.4, -0.2) is 24.1 Å². The Bertz CT molecular complexity index is 360. The van der Waals surface area contributed by atoms with E-state index in [2.05, 4.69) is 36.4 Å². The van der Waals surface area contributed by atoms with Gasteiger partial charge in [-0.3, -0.25) is 0 Å². The molecule has 0 bridgehead atoms. The zero-order valence-corrected chi connectivity index (χ0v) is 12.6. The molecule has 1 N–H and O–H groups in total. The van der Waals surface area contributed by atoms with Crippen LogP contribution in [0, 0.1) is 0 Å². The predicted octanol–water partition coefficient (Wildman–Crippen LogP) is 3.58. The van der Waals surface area contributed by atoms with Crippen molar-refractivity contribution in [2.24, 2.45) is 0 Å². The average Bonchev–Trinajstić information content (AvgIpc) is 3.07. The lowest BCUT2D eigenvalue weighted by Gasteiger charge is -2.21. The van der Waals surface area contributed by atoms with Crippen LogP contribution in [0.5, 0.6) is 0 Å². The van der Waals surface area contributed by atoms with Gasteiger partial charge in [0.05, 0.1) is 5.69 Å². The van der Waals surface area contributed by atoms with Gasteiger partial charge in [0.25, 0.3) is 0 Å². The zero-order chi connectivity index (χ0) is 13.0. The van der Waals surface area contributed by atoms with Gasteiger partial charge in [-0.1, -0.05) is 20.3 Å². The van der Waals surface area contributed by atoms with Crippen molar-refractivity contribution >= 4 is 16.5 Å². The highest BCUT2D eigenvalue weighted by Gasteiger charge is 2.30. The van der Waals surface area contributed by atoms with Gasteiger partial charge in [0, 0.05) is 24.0 Å². The van der Waals surface area contributed by atoms with E-state index in [1.807, 2.05) is 0 Å². The Morgan fingerprint density at radius 2 is 2.28 bits per heavy atom. The quantitative estimate of drug-likeness (QED) is 0.780. The molecule has 1 aliphatic carbocycles. The maximum Gasteiger partial charge on any atom is 0.185 e. The molecule has 18 heavy (non-hydrogen) atoms. The molecule has 1 heterocycles. The number of nitrogens with zero attached hydrogens (tertiary/aromatic N) is 2. The molecule has 102 valence electrons. The van der Waals surface area contributed by atoms with Crippen molar-refractivity contribution in [1.82, 2.24) is 10.3 Å². The Morgan fingerprint density at radius 1 is 1.50 bits per heavy atom. The molecule has 0 radical (unpaired) electrons. The highest BCUT2D eigenvalue weighted by molar-refractivity contribution is 7.13. The van der Waals surface area contributed by atoms with Crippen LogP contribution in [0.25, 0.3) is 0 Å². The standard InChI is InChI=1S/C14H25N3S/c1-4-6-9-17(12-7-8-12)14-16-13(10-18-14)11(3)15-5-2/h10-12,15H,4-9H2,1-3H3. The van der Waals surface area contributed by atoms with Crippen LogP contribution in [0.4, 0.5) is 5.13 Å². The zero-order valence-electron chi connectivity index (χ0n) is 11.8. The lowest BCUT2D eigenvalue weighted by atomic mass is 10.2. The van der Waals surface area contributed by atoms with E-state index >= 15 is 0 Å². The van der Waals surface area contributed by atoms with Gasteiger partial charge in [-0.05, 0) is 32.7 Å². The van der Waals surface area contributed by atoms with Crippen LogP contribution >= 0.6 is 11.3 Å². The molecule has 0 aliphatic heterocycles. The summed E-state index contributed by atoms with van der Waals surface area (Å²) in [5, 5.41) is 6.87. The second kappa shape index (κ2) is 6.53. The predicted molar refractivity (Wildman–Crippen MR) is 79.5 cm³/mol. The van der Waals surface area contributed by atoms with E-state index < -0.39 is 0 Å². The highest BCUT2D eigenvalue weighted by atomic mass is 32.1. The van der Waals surface area contributed by atoms with Crippen LogP contribution in [0.3, 0.4) is 0 Å². The first-order valence-corrected chi connectivity index (χ1v) is 8.09. The molecule has 1 saturated carbocycles. The molecule has 0 spiro atoms. The fourth-order valence-corrected chi connectivity index (χ4v) is 3.18.